The van der Waals surface area contributed by atoms with Crippen molar-refractivity contribution in [3.63, 3.8) is 0 Å². The lowest BCUT2D eigenvalue weighted by atomic mass is 9.96. The fraction of sp³-hybridized carbons (Fsp3) is 0.333. The molecule has 1 spiro atoms. The van der Waals surface area contributed by atoms with Crippen LogP contribution in [0.5, 0.6) is 5.88 Å². The molecule has 3 aliphatic rings. The molecule has 2 aromatic carbocycles. The smallest absolute Gasteiger partial charge is 0.332 e. The highest BCUT2D eigenvalue weighted by Crippen LogP contribution is 2.46. The molecule has 256 valence electrons. The molecule has 3 aromatic heterocycles. The van der Waals surface area contributed by atoms with Crippen LogP contribution in [-0.2, 0) is 20.5 Å². The van der Waals surface area contributed by atoms with Crippen LogP contribution in [0.15, 0.2) is 58.4 Å². The normalized spacial score (nSPS) is 19.9. The molecule has 5 aromatic rings. The topological polar surface area (TPSA) is 148 Å². The van der Waals surface area contributed by atoms with E-state index in [1.54, 1.807) is 14.2 Å². The van der Waals surface area contributed by atoms with Crippen molar-refractivity contribution >= 4 is 40.2 Å². The molecule has 5 heterocycles. The van der Waals surface area contributed by atoms with Crippen molar-refractivity contribution < 1.29 is 9.53 Å². The van der Waals surface area contributed by atoms with Crippen molar-refractivity contribution in [3.8, 4) is 28.3 Å². The number of likely N-dealkylation sites (tertiary alicyclic amines) is 1. The maximum absolute atomic E-state index is 13.1. The van der Waals surface area contributed by atoms with E-state index in [2.05, 4.69) is 36.9 Å². The van der Waals surface area contributed by atoms with E-state index in [0.29, 0.717) is 23.3 Å². The Morgan fingerprint density at radius 2 is 1.82 bits per heavy atom. The first-order chi connectivity index (χ1) is 24.1. The van der Waals surface area contributed by atoms with Crippen LogP contribution in [0.3, 0.4) is 0 Å². The summed E-state index contributed by atoms with van der Waals surface area (Å²) < 4.78 is 8.30. The van der Waals surface area contributed by atoms with Gasteiger partial charge in [0.05, 0.1) is 23.4 Å². The van der Waals surface area contributed by atoms with E-state index in [9.17, 15) is 14.4 Å². The number of aromatic nitrogens is 5. The number of nitrogens with zero attached hydrogens (tertiary/aromatic N) is 6. The lowest BCUT2D eigenvalue weighted by Crippen LogP contribution is -2.46. The van der Waals surface area contributed by atoms with Crippen LogP contribution in [0.2, 0.25) is 5.02 Å². The van der Waals surface area contributed by atoms with E-state index >= 15 is 0 Å². The van der Waals surface area contributed by atoms with Gasteiger partial charge >= 0.3 is 11.7 Å². The summed E-state index contributed by atoms with van der Waals surface area (Å²) in [4.78, 5) is 53.6. The molecular formula is C36H36ClN9O4. The summed E-state index contributed by atoms with van der Waals surface area (Å²) in [6.07, 6.45) is 4.07. The van der Waals surface area contributed by atoms with E-state index in [4.69, 9.17) is 21.3 Å². The minimum Gasteiger partial charge on any atom is -0.481 e. The van der Waals surface area contributed by atoms with Crippen molar-refractivity contribution in [3.05, 3.63) is 91.3 Å². The number of anilines is 2. The van der Waals surface area contributed by atoms with Gasteiger partial charge in [0.25, 0.3) is 5.56 Å². The second-order valence-corrected chi connectivity index (χ2v) is 13.7. The largest absolute Gasteiger partial charge is 0.481 e. The van der Waals surface area contributed by atoms with Crippen molar-refractivity contribution in [1.29, 1.82) is 0 Å². The molecule has 2 amide bonds. The van der Waals surface area contributed by atoms with E-state index in [1.807, 2.05) is 43.3 Å². The third-order valence-electron chi connectivity index (χ3n) is 10.5. The summed E-state index contributed by atoms with van der Waals surface area (Å²) in [7, 11) is 4.66. The Hall–Kier alpha value is -5.27. The van der Waals surface area contributed by atoms with E-state index in [-0.39, 0.29) is 28.6 Å². The fourth-order valence-corrected chi connectivity index (χ4v) is 8.18. The van der Waals surface area contributed by atoms with E-state index in [1.165, 1.54) is 23.5 Å². The number of benzene rings is 2. The Labute approximate surface area is 292 Å². The van der Waals surface area contributed by atoms with Crippen molar-refractivity contribution in [2.24, 2.45) is 14.1 Å². The minimum atomic E-state index is -0.483. The first-order valence-corrected chi connectivity index (χ1v) is 16.9. The number of hydrogen-bond donors (Lipinski definition) is 3. The number of carbonyl (C=O) groups is 1. The molecule has 1 aliphatic carbocycles. The Balaban J connectivity index is 1.13. The lowest BCUT2D eigenvalue weighted by Gasteiger charge is -2.28. The maximum Gasteiger partial charge on any atom is 0.332 e. The average Bonchev–Trinajstić information content (AvgIpc) is 3.84. The van der Waals surface area contributed by atoms with Crippen LogP contribution in [0.4, 0.5) is 16.3 Å². The zero-order valence-corrected chi connectivity index (χ0v) is 28.9. The first kappa shape index (κ1) is 32.0. The molecule has 2 atom stereocenters. The quantitative estimate of drug-likeness (QED) is 0.238. The summed E-state index contributed by atoms with van der Waals surface area (Å²) in [5, 5.41) is 10.1. The Kier molecular flexibility index (Phi) is 7.64. The van der Waals surface area contributed by atoms with Gasteiger partial charge < -0.3 is 20.7 Å². The fourth-order valence-electron chi connectivity index (χ4n) is 7.86. The summed E-state index contributed by atoms with van der Waals surface area (Å²) in [5.74, 6) is 0.895. The van der Waals surface area contributed by atoms with Gasteiger partial charge in [0.2, 0.25) is 5.88 Å². The number of pyridine rings is 1. The van der Waals surface area contributed by atoms with Gasteiger partial charge in [-0.1, -0.05) is 41.9 Å². The van der Waals surface area contributed by atoms with Gasteiger partial charge in [0, 0.05) is 62.1 Å². The molecule has 0 bridgehead atoms. The third-order valence-corrected chi connectivity index (χ3v) is 10.9. The molecule has 13 nitrogen and oxygen atoms in total. The van der Waals surface area contributed by atoms with Crippen LogP contribution in [0.1, 0.15) is 35.6 Å². The van der Waals surface area contributed by atoms with Crippen LogP contribution in [-0.4, -0.2) is 67.3 Å². The van der Waals surface area contributed by atoms with Crippen LogP contribution >= 0.6 is 11.6 Å². The van der Waals surface area contributed by atoms with Gasteiger partial charge in [-0.3, -0.25) is 18.8 Å². The van der Waals surface area contributed by atoms with Gasteiger partial charge in [0.1, 0.15) is 17.5 Å². The highest BCUT2D eigenvalue weighted by Gasteiger charge is 2.46. The first-order valence-electron chi connectivity index (χ1n) is 16.5. The second kappa shape index (κ2) is 12.0. The van der Waals surface area contributed by atoms with Gasteiger partial charge in [-0.15, -0.1) is 0 Å². The number of rotatable bonds is 6. The van der Waals surface area contributed by atoms with Crippen LogP contribution < -0.4 is 31.9 Å². The molecule has 2 saturated heterocycles. The molecule has 14 heteroatoms. The standard InChI is InChI=1S/C36H36ClN9O4/c1-19-21(7-6-10-24(19)41-30-28-31(40-18-39-30)44(2)35(49)45(3)33(28)47)22-8-5-9-23(29(22)37)25-15-20-11-12-26(27(20)32(42-25)50-4)46-14-13-36(17-46)16-38-34(48)43-36/h5-10,15,18,26H,11-14,16-17H2,1-4H3,(H2,38,43,48)(H,39,40,41). The highest BCUT2D eigenvalue weighted by atomic mass is 35.5. The molecule has 8 rings (SSSR count). The number of urea groups is 1. The van der Waals surface area contributed by atoms with E-state index in [0.717, 1.165) is 76.1 Å². The van der Waals surface area contributed by atoms with Gasteiger partial charge in [0.15, 0.2) is 5.65 Å². The number of hydrogen-bond acceptors (Lipinski definition) is 9. The molecule has 50 heavy (non-hydrogen) atoms. The lowest BCUT2D eigenvalue weighted by molar-refractivity contribution is 0.219. The monoisotopic (exact) mass is 693 g/mol. The Bertz CT molecular complexity index is 2360. The van der Waals surface area contributed by atoms with Gasteiger partial charge in [-0.2, -0.15) is 0 Å². The predicted octanol–water partition coefficient (Wildman–Crippen LogP) is 4.21. The van der Waals surface area contributed by atoms with Gasteiger partial charge in [-0.25, -0.2) is 24.5 Å². The predicted molar refractivity (Wildman–Crippen MR) is 191 cm³/mol. The van der Waals surface area contributed by atoms with Gasteiger partial charge in [-0.05, 0) is 55.0 Å². The average molecular weight is 694 g/mol. The van der Waals surface area contributed by atoms with Crippen molar-refractivity contribution in [1.82, 2.24) is 39.6 Å². The number of carbonyl (C=O) groups excluding carboxylic acids is 1. The summed E-state index contributed by atoms with van der Waals surface area (Å²) in [6, 6.07) is 13.9. The Morgan fingerprint density at radius 3 is 2.60 bits per heavy atom. The van der Waals surface area contributed by atoms with Crippen LogP contribution in [0, 0.1) is 6.92 Å². The molecule has 3 N–H and O–H groups in total. The van der Waals surface area contributed by atoms with E-state index < -0.39 is 11.2 Å². The van der Waals surface area contributed by atoms with Crippen LogP contribution in [0.25, 0.3) is 33.4 Å². The summed E-state index contributed by atoms with van der Waals surface area (Å²) in [5.41, 5.74) is 6.23. The zero-order chi connectivity index (χ0) is 34.9. The van der Waals surface area contributed by atoms with Crippen molar-refractivity contribution in [2.75, 3.05) is 32.1 Å². The number of fused-ring (bicyclic) bond motifs is 2. The SMILES string of the molecule is COc1nc(-c2cccc(-c3cccc(Nc4ncnc5c4c(=O)n(C)c(=O)n5C)c3C)c2Cl)cc2c1C(N1CCC3(CNC(=O)N3)C1)CC2. The number of methoxy groups -OCH3 is 1. The van der Waals surface area contributed by atoms with Crippen molar-refractivity contribution in [2.45, 2.75) is 37.8 Å². The maximum atomic E-state index is 13.1. The summed E-state index contributed by atoms with van der Waals surface area (Å²) in [6.45, 7) is 4.29. The minimum absolute atomic E-state index is 0.0968. The molecule has 2 fully saturated rings. The molecular weight excluding hydrogens is 658 g/mol. The molecule has 0 saturated carbocycles. The number of halogens is 1. The zero-order valence-electron chi connectivity index (χ0n) is 28.1. The number of nitrogens with one attached hydrogen (secondary N) is 3. The number of aryl methyl sites for hydroxylation is 2. The third kappa shape index (κ3) is 5.02. The number of amides is 2. The Morgan fingerprint density at radius 1 is 1.04 bits per heavy atom. The number of ether oxygens (including phenoxy) is 1. The molecule has 0 radical (unpaired) electrons. The second-order valence-electron chi connectivity index (χ2n) is 13.3. The highest BCUT2D eigenvalue weighted by molar-refractivity contribution is 6.36. The molecule has 2 unspecified atom stereocenters. The summed E-state index contributed by atoms with van der Waals surface area (Å²) >= 11 is 7.22. The molecule has 2 aliphatic heterocycles.